The minimum Gasteiger partial charge on any atom is -0.413 e. The summed E-state index contributed by atoms with van der Waals surface area (Å²) in [7, 11) is -3.90. The summed E-state index contributed by atoms with van der Waals surface area (Å²) in [5.41, 5.74) is 4.84. The number of hydrogen-bond acceptors (Lipinski definition) is 6. The molecule has 0 radical (unpaired) electrons. The molecule has 0 aliphatic heterocycles. The summed E-state index contributed by atoms with van der Waals surface area (Å²) >= 11 is 0. The molecule has 288 valence electrons. The van der Waals surface area contributed by atoms with E-state index in [-0.39, 0.29) is 17.8 Å². The molecule has 5 aromatic carbocycles. The van der Waals surface area contributed by atoms with Gasteiger partial charge in [-0.1, -0.05) is 146 Å². The predicted molar refractivity (Wildman–Crippen MR) is 229 cm³/mol. The monoisotopic (exact) mass is 776 g/mol. The third-order valence-electron chi connectivity index (χ3n) is 8.77. The molecule has 8 heteroatoms. The van der Waals surface area contributed by atoms with E-state index in [2.05, 4.69) is 79.3 Å². The molecule has 5 rings (SSSR count). The van der Waals surface area contributed by atoms with Crippen LogP contribution in [0.4, 0.5) is 0 Å². The number of benzene rings is 5. The van der Waals surface area contributed by atoms with Gasteiger partial charge in [0.15, 0.2) is 0 Å². The maximum Gasteiger partial charge on any atom is 0.530 e. The zero-order valence-corrected chi connectivity index (χ0v) is 34.9. The highest BCUT2D eigenvalue weighted by atomic mass is 31.2. The summed E-state index contributed by atoms with van der Waals surface area (Å²) in [5.74, 6) is 4.88. The maximum absolute atomic E-state index is 6.81. The first-order valence-corrected chi connectivity index (χ1v) is 21.3. The summed E-state index contributed by atoms with van der Waals surface area (Å²) in [4.78, 5) is 0. The standard InChI is InChI=1S/C47H54O6P2/c1-9-11-23-37(22-10-2)48-54(49-43-29-17-12-24-38(43)34(3)4)52-46-32-20-15-27-41(46)42-28-16-21-33-47(42)53-55(50-44-30-18-13-25-39(44)35(5)6)51-45-31-19-14-26-40(45)36(7)8/h9,12-22,24-36H,1,10-11,23H2,2-8H3/b37-22-. The number of rotatable bonds is 20. The second-order valence-electron chi connectivity index (χ2n) is 14.0. The average molecular weight is 777 g/mol. The molecule has 0 aliphatic carbocycles. The minimum atomic E-state index is -1.97. The number of hydrogen-bond donors (Lipinski definition) is 0. The lowest BCUT2D eigenvalue weighted by Gasteiger charge is -2.24. The van der Waals surface area contributed by atoms with Gasteiger partial charge in [-0.15, -0.1) is 6.58 Å². The Labute approximate surface area is 331 Å². The average Bonchev–Trinajstić information content (AvgIpc) is 3.18. The highest BCUT2D eigenvalue weighted by Gasteiger charge is 2.28. The first-order chi connectivity index (χ1) is 26.7. The molecular formula is C47H54O6P2. The summed E-state index contributed by atoms with van der Waals surface area (Å²) in [6.45, 7) is 18.9. The molecule has 5 aromatic rings. The van der Waals surface area contributed by atoms with Gasteiger partial charge >= 0.3 is 17.2 Å². The van der Waals surface area contributed by atoms with Gasteiger partial charge in [0.25, 0.3) is 0 Å². The Morgan fingerprint density at radius 2 is 0.855 bits per heavy atom. The van der Waals surface area contributed by atoms with Crippen molar-refractivity contribution in [3.63, 3.8) is 0 Å². The van der Waals surface area contributed by atoms with E-state index < -0.39 is 17.2 Å². The van der Waals surface area contributed by atoms with E-state index >= 15 is 0 Å². The van der Waals surface area contributed by atoms with Gasteiger partial charge < -0.3 is 27.1 Å². The van der Waals surface area contributed by atoms with E-state index in [1.807, 2.05) is 109 Å². The summed E-state index contributed by atoms with van der Waals surface area (Å²) < 4.78 is 40.1. The van der Waals surface area contributed by atoms with Crippen molar-refractivity contribution < 1.29 is 27.1 Å². The smallest absolute Gasteiger partial charge is 0.413 e. The van der Waals surface area contributed by atoms with Crippen molar-refractivity contribution in [1.29, 1.82) is 0 Å². The number of para-hydroxylation sites is 5. The fourth-order valence-electron chi connectivity index (χ4n) is 5.93. The molecule has 6 nitrogen and oxygen atoms in total. The van der Waals surface area contributed by atoms with Crippen LogP contribution in [0, 0.1) is 0 Å². The summed E-state index contributed by atoms with van der Waals surface area (Å²) in [5, 5.41) is 0. The van der Waals surface area contributed by atoms with Crippen LogP contribution in [0.1, 0.15) is 102 Å². The topological polar surface area (TPSA) is 55.4 Å². The molecule has 1 atom stereocenters. The Bertz CT molecular complexity index is 1950. The minimum absolute atomic E-state index is 0.239. The van der Waals surface area contributed by atoms with Crippen LogP contribution < -0.4 is 22.6 Å². The lowest BCUT2D eigenvalue weighted by atomic mass is 10.0. The number of allylic oxidation sites excluding steroid dienone is 3. The molecule has 0 aromatic heterocycles. The molecule has 0 N–H and O–H groups in total. The van der Waals surface area contributed by atoms with Crippen molar-refractivity contribution in [2.75, 3.05) is 0 Å². The van der Waals surface area contributed by atoms with Crippen molar-refractivity contribution in [2.45, 2.75) is 85.5 Å². The Balaban J connectivity index is 1.53. The lowest BCUT2D eigenvalue weighted by molar-refractivity contribution is 0.319. The largest absolute Gasteiger partial charge is 0.530 e. The Kier molecular flexibility index (Phi) is 15.7. The van der Waals surface area contributed by atoms with Crippen LogP contribution in [0.2, 0.25) is 0 Å². The van der Waals surface area contributed by atoms with Crippen LogP contribution in [0.25, 0.3) is 11.1 Å². The van der Waals surface area contributed by atoms with Gasteiger partial charge in [0.2, 0.25) is 0 Å². The molecule has 0 aliphatic rings. The van der Waals surface area contributed by atoms with Crippen LogP contribution in [0.5, 0.6) is 28.7 Å². The van der Waals surface area contributed by atoms with Crippen LogP contribution in [-0.2, 0) is 4.52 Å². The third-order valence-corrected chi connectivity index (χ3v) is 10.9. The van der Waals surface area contributed by atoms with Gasteiger partial charge in [-0.3, -0.25) is 0 Å². The first kappa shape index (κ1) is 41.4. The molecule has 55 heavy (non-hydrogen) atoms. The van der Waals surface area contributed by atoms with Gasteiger partial charge in [-0.2, -0.15) is 0 Å². The zero-order chi connectivity index (χ0) is 39.2. The van der Waals surface area contributed by atoms with Crippen LogP contribution in [0.15, 0.2) is 146 Å². The highest BCUT2D eigenvalue weighted by Crippen LogP contribution is 2.51. The van der Waals surface area contributed by atoms with E-state index in [4.69, 9.17) is 27.1 Å². The van der Waals surface area contributed by atoms with Crippen LogP contribution in [0.3, 0.4) is 0 Å². The normalized spacial score (nSPS) is 12.2. The molecule has 1 unspecified atom stereocenters. The van der Waals surface area contributed by atoms with Gasteiger partial charge in [-0.05, 0) is 83.7 Å². The van der Waals surface area contributed by atoms with Crippen LogP contribution in [-0.4, -0.2) is 0 Å². The SMILES string of the molecule is C=CCC/C(=C/CC)OP(Oc1ccccc1-c1ccccc1OP(Oc1ccccc1C(C)C)Oc1ccccc1C(C)C)Oc1ccccc1C(C)C. The third kappa shape index (κ3) is 11.6. The Hall–Kier alpha value is -4.76. The molecule has 0 saturated carbocycles. The fourth-order valence-corrected chi connectivity index (χ4v) is 8.13. The molecule has 0 bridgehead atoms. The van der Waals surface area contributed by atoms with Crippen molar-refractivity contribution in [1.82, 2.24) is 0 Å². The summed E-state index contributed by atoms with van der Waals surface area (Å²) in [6, 6.07) is 39.9. The van der Waals surface area contributed by atoms with Crippen molar-refractivity contribution >= 4 is 17.2 Å². The van der Waals surface area contributed by atoms with Crippen LogP contribution >= 0.6 is 17.2 Å². The van der Waals surface area contributed by atoms with Crippen molar-refractivity contribution in [3.05, 3.63) is 163 Å². The van der Waals surface area contributed by atoms with E-state index in [9.17, 15) is 0 Å². The fraction of sp³-hybridized carbons (Fsp3) is 0.277. The second-order valence-corrected chi connectivity index (χ2v) is 16.0. The van der Waals surface area contributed by atoms with Gasteiger partial charge in [-0.25, -0.2) is 0 Å². The highest BCUT2D eigenvalue weighted by molar-refractivity contribution is 7.43. The second kappa shape index (κ2) is 20.8. The Morgan fingerprint density at radius 3 is 1.25 bits per heavy atom. The summed E-state index contributed by atoms with van der Waals surface area (Å²) in [6.07, 6.45) is 6.25. The van der Waals surface area contributed by atoms with E-state index in [0.717, 1.165) is 63.7 Å². The molecule has 0 saturated heterocycles. The lowest BCUT2D eigenvalue weighted by Crippen LogP contribution is -2.06. The van der Waals surface area contributed by atoms with E-state index in [1.165, 1.54) is 0 Å². The Morgan fingerprint density at radius 1 is 0.509 bits per heavy atom. The van der Waals surface area contributed by atoms with Crippen molar-refractivity contribution in [3.8, 4) is 39.9 Å². The maximum atomic E-state index is 6.81. The molecule has 0 heterocycles. The molecular weight excluding hydrogens is 722 g/mol. The molecule has 0 spiro atoms. The zero-order valence-electron chi connectivity index (χ0n) is 33.1. The molecule has 0 fully saturated rings. The quantitative estimate of drug-likeness (QED) is 0.0446. The van der Waals surface area contributed by atoms with E-state index in [1.54, 1.807) is 0 Å². The van der Waals surface area contributed by atoms with Gasteiger partial charge in [0.05, 0.1) is 0 Å². The first-order valence-electron chi connectivity index (χ1n) is 19.1. The van der Waals surface area contributed by atoms with Crippen molar-refractivity contribution in [2.24, 2.45) is 0 Å². The van der Waals surface area contributed by atoms with Gasteiger partial charge in [0.1, 0.15) is 34.5 Å². The molecule has 0 amide bonds. The predicted octanol–water partition coefficient (Wildman–Crippen LogP) is 15.4. The van der Waals surface area contributed by atoms with Gasteiger partial charge in [0, 0.05) is 17.5 Å². The van der Waals surface area contributed by atoms with E-state index in [0.29, 0.717) is 17.9 Å².